The van der Waals surface area contributed by atoms with Gasteiger partial charge in [0.25, 0.3) is 11.8 Å². The van der Waals surface area contributed by atoms with Crippen LogP contribution in [0.2, 0.25) is 0 Å². The number of carbonyl (C=O) groups excluding carboxylic acids is 6. The van der Waals surface area contributed by atoms with Gasteiger partial charge in [-0.25, -0.2) is 9.59 Å². The van der Waals surface area contributed by atoms with Crippen molar-refractivity contribution in [1.29, 1.82) is 0 Å². The van der Waals surface area contributed by atoms with E-state index >= 15 is 0 Å². The van der Waals surface area contributed by atoms with Crippen molar-refractivity contribution in [3.05, 3.63) is 136 Å². The minimum atomic E-state index is -0.838. The monoisotopic (exact) mass is 863 g/mol. The van der Waals surface area contributed by atoms with Crippen molar-refractivity contribution in [2.75, 3.05) is 31.5 Å². The van der Waals surface area contributed by atoms with E-state index < -0.39 is 40.7 Å². The number of azo groups is 1. The summed E-state index contributed by atoms with van der Waals surface area (Å²) >= 11 is 0. The zero-order chi connectivity index (χ0) is 44.7. The predicted octanol–water partition coefficient (Wildman–Crippen LogP) is 9.52. The van der Waals surface area contributed by atoms with Crippen LogP contribution in [0.4, 0.5) is 17.1 Å². The fraction of sp³-hybridized carbons (Fsp3) is 0.312. The standard InChI is InChI=1S/C46H49N5O10.2CH4/c1-28(32-11-9-8-10-12-32)26-46(4,5)45(58)61-24-23-31-13-16-37(17-14-31)50-51-40(30(3)53)42(55)49-36-20-18-35(19-21-36)48-41(54)39(29(2)52)47-27-34-25-33(43(56)59-6)15-22-38(34)44(57)60-7;;/h8-22,25,28,53H,23-24,26-27H2,1-7H3,(H,48,54)(H,49,55);2*1H4. The molecule has 63 heavy (non-hydrogen) atoms. The van der Waals surface area contributed by atoms with Gasteiger partial charge < -0.3 is 30.0 Å². The first kappa shape index (κ1) is 51.8. The Labute approximate surface area is 368 Å². The maximum absolute atomic E-state index is 13.1. The summed E-state index contributed by atoms with van der Waals surface area (Å²) in [5.41, 5.74) is 2.02. The Morgan fingerprint density at radius 3 is 1.90 bits per heavy atom. The number of nitrogens with one attached hydrogen (secondary N) is 2. The number of hydrogen-bond acceptors (Lipinski definition) is 13. The van der Waals surface area contributed by atoms with E-state index in [0.717, 1.165) is 12.5 Å². The number of methoxy groups -OCH3 is 2. The zero-order valence-corrected chi connectivity index (χ0v) is 35.1. The number of esters is 3. The fourth-order valence-electron chi connectivity index (χ4n) is 6.13. The predicted molar refractivity (Wildman–Crippen MR) is 242 cm³/mol. The van der Waals surface area contributed by atoms with E-state index in [1.54, 1.807) is 24.3 Å². The van der Waals surface area contributed by atoms with Gasteiger partial charge in [0.1, 0.15) is 5.76 Å². The lowest BCUT2D eigenvalue weighted by Gasteiger charge is -2.26. The number of amides is 2. The van der Waals surface area contributed by atoms with Crippen LogP contribution in [0.15, 0.2) is 124 Å². The topological polar surface area (TPSA) is 211 Å². The normalized spacial score (nSPS) is 12.1. The molecule has 4 aromatic carbocycles. The molecule has 15 nitrogen and oxygen atoms in total. The molecule has 0 fully saturated rings. The molecule has 0 radical (unpaired) electrons. The number of benzene rings is 4. The SMILES string of the molecule is C.C.COC(=O)c1ccc(C(=O)OC)c(CN=C(C(C)=O)C(=O)Nc2ccc(NC(=O)C(N=Nc3ccc(CCOC(=O)C(C)(C)CC(C)c4ccccc4)cc3)=C(C)O)cc2)c1. The van der Waals surface area contributed by atoms with Crippen molar-refractivity contribution < 1.29 is 48.1 Å². The number of rotatable bonds is 18. The van der Waals surface area contributed by atoms with Crippen LogP contribution in [0.25, 0.3) is 0 Å². The van der Waals surface area contributed by atoms with E-state index in [4.69, 9.17) is 14.2 Å². The van der Waals surface area contributed by atoms with Gasteiger partial charge in [-0.15, -0.1) is 5.11 Å². The van der Waals surface area contributed by atoms with Gasteiger partial charge in [0.2, 0.25) is 0 Å². The number of ether oxygens (including phenoxy) is 3. The summed E-state index contributed by atoms with van der Waals surface area (Å²) in [4.78, 5) is 80.0. The molecule has 334 valence electrons. The van der Waals surface area contributed by atoms with E-state index in [-0.39, 0.29) is 79.4 Å². The van der Waals surface area contributed by atoms with Crippen LogP contribution in [0.1, 0.15) is 99.2 Å². The Bertz CT molecular complexity index is 2330. The van der Waals surface area contributed by atoms with Gasteiger partial charge in [-0.05, 0) is 104 Å². The number of hydrogen-bond donors (Lipinski definition) is 3. The van der Waals surface area contributed by atoms with Crippen LogP contribution < -0.4 is 10.6 Å². The number of allylic oxidation sites excluding steroid dienone is 1. The molecule has 1 atom stereocenters. The molecular formula is C48H57N5O10. The first-order valence-corrected chi connectivity index (χ1v) is 19.2. The molecule has 3 N–H and O–H groups in total. The fourth-order valence-corrected chi connectivity index (χ4v) is 6.13. The van der Waals surface area contributed by atoms with E-state index in [1.165, 1.54) is 69.2 Å². The van der Waals surface area contributed by atoms with Gasteiger partial charge in [0, 0.05) is 24.7 Å². The highest BCUT2D eigenvalue weighted by Gasteiger charge is 2.31. The summed E-state index contributed by atoms with van der Waals surface area (Å²) in [7, 11) is 2.39. The summed E-state index contributed by atoms with van der Waals surface area (Å²) < 4.78 is 15.2. The van der Waals surface area contributed by atoms with Crippen LogP contribution in [0, 0.1) is 5.41 Å². The summed E-state index contributed by atoms with van der Waals surface area (Å²) in [5, 5.41) is 23.5. The van der Waals surface area contributed by atoms with Crippen molar-refractivity contribution in [2.24, 2.45) is 20.6 Å². The van der Waals surface area contributed by atoms with Crippen LogP contribution in [-0.2, 0) is 46.4 Å². The Balaban J connectivity index is 0.00000683. The Hall–Kier alpha value is -7.29. The minimum Gasteiger partial charge on any atom is -0.510 e. The second-order valence-corrected chi connectivity index (χ2v) is 14.6. The lowest BCUT2D eigenvalue weighted by Crippen LogP contribution is -2.29. The zero-order valence-electron chi connectivity index (χ0n) is 35.1. The Morgan fingerprint density at radius 2 is 1.35 bits per heavy atom. The summed E-state index contributed by atoms with van der Waals surface area (Å²) in [6.45, 7) is 8.22. The molecule has 0 spiro atoms. The van der Waals surface area contributed by atoms with Gasteiger partial charge >= 0.3 is 17.9 Å². The average molecular weight is 864 g/mol. The summed E-state index contributed by atoms with van der Waals surface area (Å²) in [6.07, 6.45) is 1.13. The quantitative estimate of drug-likeness (QED) is 0.0164. The number of aliphatic hydroxyl groups excluding tert-OH is 1. The summed E-state index contributed by atoms with van der Waals surface area (Å²) in [5.74, 6) is -4.06. The second kappa shape index (κ2) is 24.2. The average Bonchev–Trinajstić information content (AvgIpc) is 3.24. The third kappa shape index (κ3) is 15.0. The van der Waals surface area contributed by atoms with Crippen molar-refractivity contribution >= 4 is 58.3 Å². The largest absolute Gasteiger partial charge is 0.510 e. The van der Waals surface area contributed by atoms with E-state index in [0.29, 0.717) is 18.5 Å². The van der Waals surface area contributed by atoms with E-state index in [2.05, 4.69) is 44.9 Å². The van der Waals surface area contributed by atoms with Crippen LogP contribution in [0.5, 0.6) is 0 Å². The molecule has 0 saturated carbocycles. The van der Waals surface area contributed by atoms with Crippen LogP contribution >= 0.6 is 0 Å². The van der Waals surface area contributed by atoms with E-state index in [1.807, 2.05) is 32.0 Å². The maximum Gasteiger partial charge on any atom is 0.338 e. The van der Waals surface area contributed by atoms with Gasteiger partial charge in [-0.3, -0.25) is 24.2 Å². The van der Waals surface area contributed by atoms with Crippen molar-refractivity contribution in [3.8, 4) is 0 Å². The van der Waals surface area contributed by atoms with Crippen molar-refractivity contribution in [1.82, 2.24) is 0 Å². The smallest absolute Gasteiger partial charge is 0.338 e. The van der Waals surface area contributed by atoms with Gasteiger partial charge in [-0.1, -0.05) is 64.2 Å². The molecule has 4 rings (SSSR count). The number of aliphatic imine (C=N–C) groups is 1. The lowest BCUT2D eigenvalue weighted by molar-refractivity contribution is -0.154. The highest BCUT2D eigenvalue weighted by atomic mass is 16.5. The molecule has 0 aliphatic heterocycles. The maximum atomic E-state index is 13.1. The van der Waals surface area contributed by atoms with Gasteiger partial charge in [-0.2, -0.15) is 5.11 Å². The number of ketones is 1. The minimum absolute atomic E-state index is 0. The van der Waals surface area contributed by atoms with Gasteiger partial charge in [0.05, 0.1) is 49.6 Å². The van der Waals surface area contributed by atoms with Gasteiger partial charge in [0.15, 0.2) is 17.2 Å². The Morgan fingerprint density at radius 1 is 0.762 bits per heavy atom. The molecule has 0 aromatic heterocycles. The van der Waals surface area contributed by atoms with Crippen molar-refractivity contribution in [2.45, 2.75) is 74.8 Å². The lowest BCUT2D eigenvalue weighted by atomic mass is 9.81. The molecule has 1 unspecified atom stereocenters. The third-order valence-corrected chi connectivity index (χ3v) is 9.41. The molecule has 0 bridgehead atoms. The molecule has 0 heterocycles. The first-order valence-electron chi connectivity index (χ1n) is 19.2. The molecule has 4 aromatic rings. The first-order chi connectivity index (χ1) is 29.0. The molecule has 15 heteroatoms. The molecule has 0 saturated heterocycles. The third-order valence-electron chi connectivity index (χ3n) is 9.41. The van der Waals surface area contributed by atoms with Crippen LogP contribution in [0.3, 0.4) is 0 Å². The molecular weight excluding hydrogens is 807 g/mol. The number of anilines is 2. The molecule has 0 aliphatic carbocycles. The highest BCUT2D eigenvalue weighted by Crippen LogP contribution is 2.32. The number of aliphatic hydroxyl groups is 1. The summed E-state index contributed by atoms with van der Waals surface area (Å²) in [6, 6.07) is 27.0. The van der Waals surface area contributed by atoms with Crippen molar-refractivity contribution in [3.63, 3.8) is 0 Å². The van der Waals surface area contributed by atoms with E-state index in [9.17, 15) is 33.9 Å². The molecule has 2 amide bonds. The molecule has 0 aliphatic rings. The highest BCUT2D eigenvalue weighted by molar-refractivity contribution is 6.67. The van der Waals surface area contributed by atoms with Crippen LogP contribution in [-0.4, -0.2) is 67.2 Å². The number of Topliss-reactive ketones (excluding diaryl/α,β-unsaturated/α-hetero) is 1. The number of nitrogens with zero attached hydrogens (tertiary/aromatic N) is 3. The Kier molecular flexibility index (Phi) is 19.9. The number of carbonyl (C=O) groups is 6. The second-order valence-electron chi connectivity index (χ2n) is 14.6.